The number of hydrogen-bond donors (Lipinski definition) is 3. The van der Waals surface area contributed by atoms with E-state index in [1.54, 1.807) is 12.1 Å². The van der Waals surface area contributed by atoms with Crippen molar-refractivity contribution in [1.82, 2.24) is 19.9 Å². The van der Waals surface area contributed by atoms with E-state index in [1.807, 2.05) is 6.07 Å². The molecule has 3 aromatic heterocycles. The Morgan fingerprint density at radius 1 is 1.03 bits per heavy atom. The van der Waals surface area contributed by atoms with Crippen molar-refractivity contribution in [2.24, 2.45) is 0 Å². The molecule has 168 valence electrons. The van der Waals surface area contributed by atoms with Crippen molar-refractivity contribution < 1.29 is 21.6 Å². The topological polar surface area (TPSA) is 136 Å². The number of aromatic amines is 1. The lowest BCUT2D eigenvalue weighted by Crippen LogP contribution is -2.05. The molecule has 0 radical (unpaired) electrons. The Kier molecular flexibility index (Phi) is 5.60. The minimum atomic E-state index is -3.83. The number of pyridine rings is 2. The molecule has 0 aliphatic rings. The highest BCUT2D eigenvalue weighted by Gasteiger charge is 2.20. The van der Waals surface area contributed by atoms with E-state index in [4.69, 9.17) is 5.26 Å². The number of rotatable bonds is 6. The third-order valence-corrected chi connectivity index (χ3v) is 5.55. The molecule has 0 unspecified atom stereocenters. The van der Waals surface area contributed by atoms with Gasteiger partial charge in [0.15, 0.2) is 21.3 Å². The van der Waals surface area contributed by atoms with Crippen LogP contribution in [-0.2, 0) is 9.84 Å². The van der Waals surface area contributed by atoms with Gasteiger partial charge in [-0.1, -0.05) is 6.07 Å². The van der Waals surface area contributed by atoms with Gasteiger partial charge in [-0.15, -0.1) is 0 Å². The maximum absolute atomic E-state index is 13.7. The number of anilines is 4. The highest BCUT2D eigenvalue weighted by molar-refractivity contribution is 7.90. The molecule has 1 aromatic carbocycles. The van der Waals surface area contributed by atoms with Crippen LogP contribution in [-0.4, -0.2) is 34.6 Å². The number of nitrogens with one attached hydrogen (secondary N) is 3. The number of imidazole rings is 1. The third kappa shape index (κ3) is 4.70. The van der Waals surface area contributed by atoms with Gasteiger partial charge in [-0.25, -0.2) is 36.5 Å². The number of hydrogen-bond acceptors (Lipinski definition) is 8. The van der Waals surface area contributed by atoms with Crippen LogP contribution in [0.15, 0.2) is 47.4 Å². The summed E-state index contributed by atoms with van der Waals surface area (Å²) in [4.78, 5) is 14.2. The Morgan fingerprint density at radius 2 is 1.82 bits per heavy atom. The van der Waals surface area contributed by atoms with Crippen molar-refractivity contribution in [3.63, 3.8) is 0 Å². The molecule has 0 aliphatic heterocycles. The number of sulfone groups is 1. The van der Waals surface area contributed by atoms with Gasteiger partial charge in [0.05, 0.1) is 16.3 Å². The molecule has 0 fully saturated rings. The fraction of sp³-hybridized carbons (Fsp3) is 0.100. The van der Waals surface area contributed by atoms with Crippen LogP contribution in [0.5, 0.6) is 0 Å². The molecule has 0 saturated heterocycles. The molecule has 13 heteroatoms. The molecule has 0 saturated carbocycles. The van der Waals surface area contributed by atoms with Gasteiger partial charge in [0.1, 0.15) is 34.7 Å². The lowest BCUT2D eigenvalue weighted by Gasteiger charge is -2.13. The largest absolute Gasteiger partial charge is 0.352 e. The molecule has 3 heterocycles. The lowest BCUT2D eigenvalue weighted by atomic mass is 10.2. The quantitative estimate of drug-likeness (QED) is 0.379. The molecule has 0 amide bonds. The monoisotopic (exact) mass is 473 g/mol. The second-order valence-corrected chi connectivity index (χ2v) is 8.84. The van der Waals surface area contributed by atoms with Gasteiger partial charge < -0.3 is 15.6 Å². The van der Waals surface area contributed by atoms with Crippen LogP contribution in [0.3, 0.4) is 0 Å². The number of alkyl halides is 2. The predicted octanol–water partition coefficient (Wildman–Crippen LogP) is 4.19. The van der Waals surface area contributed by atoms with Gasteiger partial charge >= 0.3 is 0 Å². The molecular weight excluding hydrogens is 459 g/mol. The van der Waals surface area contributed by atoms with Crippen LogP contribution in [0.1, 0.15) is 17.9 Å². The summed E-state index contributed by atoms with van der Waals surface area (Å²) in [5.41, 5.74) is 0.280. The first kappa shape index (κ1) is 22.0. The molecule has 4 aromatic rings. The number of nitrogens with zero attached hydrogens (tertiary/aromatic N) is 4. The van der Waals surface area contributed by atoms with Gasteiger partial charge in [-0.05, 0) is 30.3 Å². The maximum atomic E-state index is 13.7. The molecule has 3 N–H and O–H groups in total. The van der Waals surface area contributed by atoms with E-state index >= 15 is 0 Å². The SMILES string of the molecule is CS(=O)(=O)c1cc(F)ccc1Nc1cc(Nc2cccc(C#N)n2)nc2[nH]c(C(F)F)nc12. The van der Waals surface area contributed by atoms with Gasteiger partial charge in [0.25, 0.3) is 6.43 Å². The predicted molar refractivity (Wildman–Crippen MR) is 114 cm³/mol. The molecule has 0 bridgehead atoms. The Morgan fingerprint density at radius 3 is 2.52 bits per heavy atom. The van der Waals surface area contributed by atoms with Crippen LogP contribution < -0.4 is 10.6 Å². The number of H-pyrrole nitrogens is 1. The van der Waals surface area contributed by atoms with Gasteiger partial charge in [-0.2, -0.15) is 5.26 Å². The molecule has 4 rings (SSSR count). The molecule has 0 aliphatic carbocycles. The summed E-state index contributed by atoms with van der Waals surface area (Å²) in [5, 5.41) is 14.7. The van der Waals surface area contributed by atoms with E-state index in [2.05, 4.69) is 30.6 Å². The standard InChI is InChI=1S/C20H14F3N7O2S/c1-33(31,32)14-7-10(21)5-6-12(14)26-13-8-16(27-15-4-2-3-11(9-24)25-15)28-19-17(13)29-20(30-19)18(22)23/h2-8,18H,1H3,(H3,25,26,27,28,29,30). The normalized spacial score (nSPS) is 11.5. The summed E-state index contributed by atoms with van der Waals surface area (Å²) in [7, 11) is -3.83. The van der Waals surface area contributed by atoms with Crippen LogP contribution in [0, 0.1) is 17.1 Å². The van der Waals surface area contributed by atoms with Crippen LogP contribution in [0.2, 0.25) is 0 Å². The number of halogens is 3. The second kappa shape index (κ2) is 8.40. The first-order valence-electron chi connectivity index (χ1n) is 9.23. The van der Waals surface area contributed by atoms with E-state index in [0.717, 1.165) is 18.4 Å². The summed E-state index contributed by atoms with van der Waals surface area (Å²) in [5.74, 6) is -0.990. The fourth-order valence-electron chi connectivity index (χ4n) is 3.02. The van der Waals surface area contributed by atoms with E-state index < -0.39 is 27.9 Å². The van der Waals surface area contributed by atoms with Crippen LogP contribution in [0.25, 0.3) is 11.2 Å². The summed E-state index contributed by atoms with van der Waals surface area (Å²) in [6.45, 7) is 0. The zero-order chi connectivity index (χ0) is 23.8. The van der Waals surface area contributed by atoms with E-state index in [-0.39, 0.29) is 44.8 Å². The third-order valence-electron chi connectivity index (χ3n) is 4.41. The lowest BCUT2D eigenvalue weighted by molar-refractivity contribution is 0.142. The van der Waals surface area contributed by atoms with Gasteiger partial charge in [0.2, 0.25) is 0 Å². The number of benzene rings is 1. The smallest absolute Gasteiger partial charge is 0.295 e. The zero-order valence-corrected chi connectivity index (χ0v) is 17.6. The summed E-state index contributed by atoms with van der Waals surface area (Å²) in [6.07, 6.45) is -1.99. The average molecular weight is 473 g/mol. The van der Waals surface area contributed by atoms with Gasteiger partial charge in [0, 0.05) is 12.3 Å². The number of fused-ring (bicyclic) bond motifs is 1. The second-order valence-electron chi connectivity index (χ2n) is 6.86. The fourth-order valence-corrected chi connectivity index (χ4v) is 3.87. The Labute approximate surface area is 185 Å². The molecule has 9 nitrogen and oxygen atoms in total. The average Bonchev–Trinajstić information content (AvgIpc) is 3.19. The van der Waals surface area contributed by atoms with E-state index in [9.17, 15) is 21.6 Å². The van der Waals surface area contributed by atoms with Crippen LogP contribution >= 0.6 is 0 Å². The number of nitriles is 1. The first-order valence-corrected chi connectivity index (χ1v) is 11.1. The molecule has 0 atom stereocenters. The van der Waals surface area contributed by atoms with Crippen molar-refractivity contribution in [3.8, 4) is 6.07 Å². The summed E-state index contributed by atoms with van der Waals surface area (Å²) < 4.78 is 64.4. The van der Waals surface area contributed by atoms with Crippen molar-refractivity contribution in [2.45, 2.75) is 11.3 Å². The van der Waals surface area contributed by atoms with E-state index in [1.165, 1.54) is 18.2 Å². The van der Waals surface area contributed by atoms with Crippen molar-refractivity contribution in [1.29, 1.82) is 5.26 Å². The minimum absolute atomic E-state index is 0.0124. The van der Waals surface area contributed by atoms with Crippen molar-refractivity contribution >= 4 is 44.0 Å². The summed E-state index contributed by atoms with van der Waals surface area (Å²) in [6, 6.07) is 11.1. The van der Waals surface area contributed by atoms with Crippen molar-refractivity contribution in [3.05, 3.63) is 59.8 Å². The minimum Gasteiger partial charge on any atom is -0.352 e. The Balaban J connectivity index is 1.84. The molecule has 0 spiro atoms. The highest BCUT2D eigenvalue weighted by atomic mass is 32.2. The maximum Gasteiger partial charge on any atom is 0.295 e. The van der Waals surface area contributed by atoms with Crippen LogP contribution in [0.4, 0.5) is 36.2 Å². The molecule has 33 heavy (non-hydrogen) atoms. The Bertz CT molecular complexity index is 1510. The summed E-state index contributed by atoms with van der Waals surface area (Å²) >= 11 is 0. The highest BCUT2D eigenvalue weighted by Crippen LogP contribution is 2.32. The zero-order valence-electron chi connectivity index (χ0n) is 16.8. The number of aromatic nitrogens is 4. The van der Waals surface area contributed by atoms with Gasteiger partial charge in [-0.3, -0.25) is 0 Å². The first-order chi connectivity index (χ1) is 15.6. The molecular formula is C20H14F3N7O2S. The van der Waals surface area contributed by atoms with E-state index in [0.29, 0.717) is 0 Å². The van der Waals surface area contributed by atoms with Crippen molar-refractivity contribution in [2.75, 3.05) is 16.9 Å². The Hall–Kier alpha value is -4.18.